The standard InChI is InChI=1S/C53H38/c1-53(2)49-33-41(37-24-22-36(23-25-37)35-14-6-3-7-15-35)26-29-43(49)44-30-27-42(34-50(44)53)40-28-31-47-48(32-40)52(39-18-10-5-11-19-39)46-21-13-12-20-45(46)51(47)38-16-8-4-9-17-38/h3-34H,1-2H3. The highest BCUT2D eigenvalue weighted by atomic mass is 14.4. The number of hydrogen-bond donors (Lipinski definition) is 0. The van der Waals surface area contributed by atoms with Gasteiger partial charge in [0, 0.05) is 5.41 Å². The Labute approximate surface area is 311 Å². The highest BCUT2D eigenvalue weighted by Gasteiger charge is 2.36. The van der Waals surface area contributed by atoms with Gasteiger partial charge < -0.3 is 0 Å². The van der Waals surface area contributed by atoms with Crippen LogP contribution in [0.2, 0.25) is 0 Å². The Morgan fingerprint density at radius 3 is 1.13 bits per heavy atom. The molecule has 0 amide bonds. The second-order valence-corrected chi connectivity index (χ2v) is 14.9. The molecule has 1 aliphatic carbocycles. The van der Waals surface area contributed by atoms with Crippen molar-refractivity contribution in [3.8, 4) is 66.8 Å². The molecule has 250 valence electrons. The molecule has 0 spiro atoms. The third-order valence-electron chi connectivity index (χ3n) is 11.5. The van der Waals surface area contributed by atoms with E-state index in [4.69, 9.17) is 0 Å². The molecule has 0 nitrogen and oxygen atoms in total. The normalized spacial score (nSPS) is 12.9. The first-order valence-corrected chi connectivity index (χ1v) is 18.6. The van der Waals surface area contributed by atoms with E-state index < -0.39 is 0 Å². The largest absolute Gasteiger partial charge is 0.0622 e. The van der Waals surface area contributed by atoms with E-state index in [1.165, 1.54) is 99.4 Å². The summed E-state index contributed by atoms with van der Waals surface area (Å²) in [6.45, 7) is 4.77. The Morgan fingerprint density at radius 1 is 0.264 bits per heavy atom. The van der Waals surface area contributed by atoms with Gasteiger partial charge in [-0.3, -0.25) is 0 Å². The van der Waals surface area contributed by atoms with E-state index in [1.54, 1.807) is 0 Å². The maximum atomic E-state index is 2.45. The molecule has 10 rings (SSSR count). The van der Waals surface area contributed by atoms with Gasteiger partial charge in [0.1, 0.15) is 0 Å². The van der Waals surface area contributed by atoms with Crippen LogP contribution in [0.5, 0.6) is 0 Å². The average Bonchev–Trinajstić information content (AvgIpc) is 3.45. The summed E-state index contributed by atoms with van der Waals surface area (Å²) in [5, 5.41) is 5.10. The van der Waals surface area contributed by atoms with Crippen LogP contribution >= 0.6 is 0 Å². The van der Waals surface area contributed by atoms with Crippen LogP contribution in [0.3, 0.4) is 0 Å². The Hall–Kier alpha value is -6.50. The van der Waals surface area contributed by atoms with E-state index in [9.17, 15) is 0 Å². The Kier molecular flexibility index (Phi) is 7.27. The van der Waals surface area contributed by atoms with Crippen LogP contribution in [-0.4, -0.2) is 0 Å². The van der Waals surface area contributed by atoms with E-state index >= 15 is 0 Å². The molecule has 0 radical (unpaired) electrons. The lowest BCUT2D eigenvalue weighted by atomic mass is 9.80. The van der Waals surface area contributed by atoms with Gasteiger partial charge in [0.05, 0.1) is 0 Å². The molecule has 9 aromatic carbocycles. The quantitative estimate of drug-likeness (QED) is 0.159. The van der Waals surface area contributed by atoms with Crippen molar-refractivity contribution in [3.63, 3.8) is 0 Å². The maximum absolute atomic E-state index is 2.45. The molecular formula is C53H38. The average molecular weight is 675 g/mol. The van der Waals surface area contributed by atoms with Crippen molar-refractivity contribution in [1.82, 2.24) is 0 Å². The van der Waals surface area contributed by atoms with E-state index in [0.717, 1.165) is 0 Å². The molecule has 53 heavy (non-hydrogen) atoms. The summed E-state index contributed by atoms with van der Waals surface area (Å²) in [6.07, 6.45) is 0. The highest BCUT2D eigenvalue weighted by molar-refractivity contribution is 6.22. The summed E-state index contributed by atoms with van der Waals surface area (Å²) < 4.78 is 0. The van der Waals surface area contributed by atoms with Crippen LogP contribution < -0.4 is 0 Å². The fourth-order valence-electron chi connectivity index (χ4n) is 8.77. The lowest BCUT2D eigenvalue weighted by molar-refractivity contribution is 0.661. The Balaban J connectivity index is 1.09. The van der Waals surface area contributed by atoms with Crippen LogP contribution in [0.25, 0.3) is 88.3 Å². The molecule has 0 bridgehead atoms. The van der Waals surface area contributed by atoms with Crippen LogP contribution in [0.15, 0.2) is 194 Å². The van der Waals surface area contributed by atoms with E-state index in [-0.39, 0.29) is 5.41 Å². The molecule has 0 fully saturated rings. The molecule has 0 heterocycles. The van der Waals surface area contributed by atoms with Crippen LogP contribution in [-0.2, 0) is 5.41 Å². The van der Waals surface area contributed by atoms with Crippen LogP contribution in [0.1, 0.15) is 25.0 Å². The summed E-state index contributed by atoms with van der Waals surface area (Å²) in [6, 6.07) is 71.5. The van der Waals surface area contributed by atoms with E-state index in [2.05, 4.69) is 208 Å². The van der Waals surface area contributed by atoms with Gasteiger partial charge in [0.15, 0.2) is 0 Å². The van der Waals surface area contributed by atoms with Gasteiger partial charge in [0.2, 0.25) is 0 Å². The number of fused-ring (bicyclic) bond motifs is 5. The van der Waals surface area contributed by atoms with Crippen molar-refractivity contribution in [1.29, 1.82) is 0 Å². The van der Waals surface area contributed by atoms with Crippen molar-refractivity contribution in [2.75, 3.05) is 0 Å². The zero-order valence-corrected chi connectivity index (χ0v) is 30.0. The maximum Gasteiger partial charge on any atom is 0.0159 e. The SMILES string of the molecule is CC1(C)c2cc(-c3ccc(-c4ccccc4)cc3)ccc2-c2ccc(-c3ccc4c(-c5ccccc5)c5ccccc5c(-c5ccccc5)c4c3)cc21. The minimum Gasteiger partial charge on any atom is -0.0622 e. The fraction of sp³-hybridized carbons (Fsp3) is 0.0566. The van der Waals surface area contributed by atoms with Crippen molar-refractivity contribution in [2.24, 2.45) is 0 Å². The topological polar surface area (TPSA) is 0 Å². The smallest absolute Gasteiger partial charge is 0.0159 e. The molecule has 0 unspecified atom stereocenters. The zero-order valence-electron chi connectivity index (χ0n) is 30.0. The van der Waals surface area contributed by atoms with E-state index in [0.29, 0.717) is 0 Å². The monoisotopic (exact) mass is 674 g/mol. The summed E-state index contributed by atoms with van der Waals surface area (Å²) in [4.78, 5) is 0. The predicted molar refractivity (Wildman–Crippen MR) is 226 cm³/mol. The molecule has 0 heteroatoms. The highest BCUT2D eigenvalue weighted by Crippen LogP contribution is 2.51. The molecule has 1 aliphatic rings. The van der Waals surface area contributed by atoms with Crippen molar-refractivity contribution >= 4 is 21.5 Å². The first kappa shape index (κ1) is 31.3. The number of benzene rings is 9. The molecule has 0 aromatic heterocycles. The molecule has 0 aliphatic heterocycles. The van der Waals surface area contributed by atoms with E-state index in [1.807, 2.05) is 0 Å². The van der Waals surface area contributed by atoms with Gasteiger partial charge in [-0.25, -0.2) is 0 Å². The van der Waals surface area contributed by atoms with Crippen molar-refractivity contribution < 1.29 is 0 Å². The fourth-order valence-corrected chi connectivity index (χ4v) is 8.77. The Bertz CT molecular complexity index is 2810. The second kappa shape index (κ2) is 12.3. The van der Waals surface area contributed by atoms with Gasteiger partial charge in [-0.05, 0) is 118 Å². The first-order valence-electron chi connectivity index (χ1n) is 18.6. The zero-order chi connectivity index (χ0) is 35.5. The van der Waals surface area contributed by atoms with Gasteiger partial charge in [-0.1, -0.05) is 190 Å². The summed E-state index contributed by atoms with van der Waals surface area (Å²) in [7, 11) is 0. The summed E-state index contributed by atoms with van der Waals surface area (Å²) in [5.74, 6) is 0. The third kappa shape index (κ3) is 5.13. The number of rotatable bonds is 5. The van der Waals surface area contributed by atoms with Gasteiger partial charge >= 0.3 is 0 Å². The third-order valence-corrected chi connectivity index (χ3v) is 11.5. The molecule has 9 aromatic rings. The molecule has 0 saturated carbocycles. The lowest BCUT2D eigenvalue weighted by Gasteiger charge is -2.23. The number of hydrogen-bond acceptors (Lipinski definition) is 0. The molecular weight excluding hydrogens is 637 g/mol. The van der Waals surface area contributed by atoms with Crippen molar-refractivity contribution in [3.05, 3.63) is 205 Å². The van der Waals surface area contributed by atoms with Gasteiger partial charge in [0.25, 0.3) is 0 Å². The minimum atomic E-state index is -0.136. The van der Waals surface area contributed by atoms with Crippen molar-refractivity contribution in [2.45, 2.75) is 19.3 Å². The first-order chi connectivity index (χ1) is 26.0. The van der Waals surface area contributed by atoms with Crippen LogP contribution in [0, 0.1) is 0 Å². The molecule has 0 N–H and O–H groups in total. The second-order valence-electron chi connectivity index (χ2n) is 14.9. The predicted octanol–water partition coefficient (Wildman–Crippen LogP) is 14.6. The summed E-state index contributed by atoms with van der Waals surface area (Å²) >= 11 is 0. The molecule has 0 saturated heterocycles. The van der Waals surface area contributed by atoms with Crippen LogP contribution in [0.4, 0.5) is 0 Å². The molecule has 0 atom stereocenters. The lowest BCUT2D eigenvalue weighted by Crippen LogP contribution is -2.15. The summed E-state index contributed by atoms with van der Waals surface area (Å²) in [5.41, 5.74) is 17.8. The van der Waals surface area contributed by atoms with Gasteiger partial charge in [-0.2, -0.15) is 0 Å². The minimum absolute atomic E-state index is 0.136. The Morgan fingerprint density at radius 2 is 0.604 bits per heavy atom. The van der Waals surface area contributed by atoms with Gasteiger partial charge in [-0.15, -0.1) is 0 Å².